The lowest BCUT2D eigenvalue weighted by molar-refractivity contribution is -0.278. The summed E-state index contributed by atoms with van der Waals surface area (Å²) >= 11 is 5.93. The number of hydrogen-bond acceptors (Lipinski definition) is 1. The minimum absolute atomic E-state index is 0.0276. The summed E-state index contributed by atoms with van der Waals surface area (Å²) in [5, 5.41) is 0.552. The summed E-state index contributed by atoms with van der Waals surface area (Å²) in [6.07, 6.45) is 0.835. The minimum Gasteiger partial charge on any atom is -0.313 e. The fourth-order valence-electron chi connectivity index (χ4n) is 5.88. The van der Waals surface area contributed by atoms with Crippen molar-refractivity contribution in [2.45, 2.75) is 76.4 Å². The maximum Gasteiger partial charge on any atom is 0.386 e. The zero-order valence-corrected chi connectivity index (χ0v) is 24.7. The van der Waals surface area contributed by atoms with Crippen LogP contribution < -0.4 is 0 Å². The van der Waals surface area contributed by atoms with E-state index in [9.17, 15) is 17.6 Å². The Morgan fingerprint density at radius 3 is 2.02 bits per heavy atom. The van der Waals surface area contributed by atoms with E-state index in [4.69, 9.17) is 16.3 Å². The molecule has 0 heterocycles. The van der Waals surface area contributed by atoms with Gasteiger partial charge in [-0.25, -0.2) is 13.2 Å². The smallest absolute Gasteiger partial charge is 0.313 e. The van der Waals surface area contributed by atoms with Crippen LogP contribution in [0.15, 0.2) is 78.9 Å². The number of aryl methyl sites for hydroxylation is 1. The molecule has 226 valence electrons. The van der Waals surface area contributed by atoms with E-state index in [0.717, 1.165) is 30.9 Å². The highest BCUT2D eigenvalue weighted by Crippen LogP contribution is 2.41. The van der Waals surface area contributed by atoms with E-state index in [1.54, 1.807) is 54.6 Å². The van der Waals surface area contributed by atoms with Crippen molar-refractivity contribution in [1.29, 1.82) is 0 Å². The Morgan fingerprint density at radius 2 is 1.37 bits per heavy atom. The predicted octanol–water partition coefficient (Wildman–Crippen LogP) is 11.6. The second kappa shape index (κ2) is 13.6. The Balaban J connectivity index is 1.20. The molecule has 0 spiro atoms. The largest absolute Gasteiger partial charge is 0.386 e. The fraction of sp³-hybridized carbons (Fsp3) is 0.333. The second-order valence-electron chi connectivity index (χ2n) is 11.3. The minimum atomic E-state index is -3.74. The van der Waals surface area contributed by atoms with Crippen molar-refractivity contribution in [1.82, 2.24) is 0 Å². The van der Waals surface area contributed by atoms with Gasteiger partial charge in [-0.05, 0) is 103 Å². The Labute approximate surface area is 254 Å². The van der Waals surface area contributed by atoms with Crippen LogP contribution in [0.25, 0.3) is 22.3 Å². The molecule has 1 aliphatic carbocycles. The van der Waals surface area contributed by atoms with Crippen LogP contribution in [0.5, 0.6) is 0 Å². The molecule has 0 unspecified atom stereocenters. The summed E-state index contributed by atoms with van der Waals surface area (Å²) in [6, 6.07) is 20.2. The van der Waals surface area contributed by atoms with Crippen molar-refractivity contribution in [2.75, 3.05) is 0 Å². The third kappa shape index (κ3) is 7.47. The van der Waals surface area contributed by atoms with Gasteiger partial charge in [-0.15, -0.1) is 0 Å². The van der Waals surface area contributed by atoms with Crippen molar-refractivity contribution in [2.24, 2.45) is 0 Å². The summed E-state index contributed by atoms with van der Waals surface area (Å²) in [5.74, 6) is -1.93. The zero-order chi connectivity index (χ0) is 30.6. The average Bonchev–Trinajstić information content (AvgIpc) is 2.98. The van der Waals surface area contributed by atoms with E-state index in [1.165, 1.54) is 18.2 Å². The predicted molar refractivity (Wildman–Crippen MR) is 162 cm³/mol. The number of unbranched alkanes of at least 4 members (excludes halogenated alkanes) is 2. The summed E-state index contributed by atoms with van der Waals surface area (Å²) in [4.78, 5) is 0. The Morgan fingerprint density at radius 1 is 0.721 bits per heavy atom. The van der Waals surface area contributed by atoms with Crippen LogP contribution in [0.3, 0.4) is 0 Å². The molecule has 1 aliphatic rings. The van der Waals surface area contributed by atoms with Crippen LogP contribution in [0.1, 0.15) is 74.5 Å². The van der Waals surface area contributed by atoms with Crippen LogP contribution >= 0.6 is 11.6 Å². The van der Waals surface area contributed by atoms with Crippen molar-refractivity contribution in [3.63, 3.8) is 0 Å². The molecule has 1 saturated carbocycles. The molecule has 0 aromatic heterocycles. The number of alkyl halides is 2. The van der Waals surface area contributed by atoms with Gasteiger partial charge in [-0.3, -0.25) is 0 Å². The molecular formula is C36H34ClF5O. The first kappa shape index (κ1) is 31.2. The highest BCUT2D eigenvalue weighted by Gasteiger charge is 2.40. The molecule has 0 radical (unpaired) electrons. The van der Waals surface area contributed by atoms with Crippen LogP contribution in [-0.2, 0) is 17.3 Å². The molecule has 0 bridgehead atoms. The molecule has 4 aromatic carbocycles. The molecule has 0 amide bonds. The average molecular weight is 613 g/mol. The molecule has 5 rings (SSSR count). The van der Waals surface area contributed by atoms with Gasteiger partial charge in [0.1, 0.15) is 17.5 Å². The Hall–Kier alpha value is -3.22. The van der Waals surface area contributed by atoms with Gasteiger partial charge >= 0.3 is 6.11 Å². The van der Waals surface area contributed by atoms with Crippen LogP contribution in [0.2, 0.25) is 5.02 Å². The second-order valence-corrected chi connectivity index (χ2v) is 11.8. The number of hydrogen-bond donors (Lipinski definition) is 0. The lowest BCUT2D eigenvalue weighted by Gasteiger charge is -2.31. The topological polar surface area (TPSA) is 9.23 Å². The first-order valence-electron chi connectivity index (χ1n) is 14.8. The third-order valence-electron chi connectivity index (χ3n) is 8.30. The van der Waals surface area contributed by atoms with Gasteiger partial charge < -0.3 is 4.74 Å². The van der Waals surface area contributed by atoms with Gasteiger partial charge in [0, 0.05) is 16.1 Å². The van der Waals surface area contributed by atoms with E-state index in [0.29, 0.717) is 59.4 Å². The van der Waals surface area contributed by atoms with E-state index >= 15 is 4.39 Å². The lowest BCUT2D eigenvalue weighted by atomic mass is 9.82. The van der Waals surface area contributed by atoms with E-state index < -0.39 is 35.2 Å². The number of halogens is 6. The number of ether oxygens (including phenoxy) is 1. The molecular weight excluding hydrogens is 579 g/mol. The van der Waals surface area contributed by atoms with Gasteiger partial charge in [0.25, 0.3) is 0 Å². The van der Waals surface area contributed by atoms with Crippen LogP contribution in [0.4, 0.5) is 22.0 Å². The molecule has 4 aromatic rings. The van der Waals surface area contributed by atoms with Gasteiger partial charge in [0.15, 0.2) is 0 Å². The first-order chi connectivity index (χ1) is 20.6. The summed E-state index contributed by atoms with van der Waals surface area (Å²) in [7, 11) is 0. The van der Waals surface area contributed by atoms with Crippen molar-refractivity contribution >= 4 is 11.6 Å². The standard InChI is InChI=1S/C36H34ClF5O/c1-2-3-4-5-23-6-19-32(35(40)20-23)36(41,42)43-29-15-9-24(10-16-29)26-11-17-31(33(38)21-26)27-12-18-30(34(39)22-27)25-7-13-28(37)14-8-25/h6-8,11-14,17-22,24,29H,2-5,9-10,15-16H2,1H3. The lowest BCUT2D eigenvalue weighted by Crippen LogP contribution is -2.30. The quantitative estimate of drug-likeness (QED) is 0.128. The number of benzene rings is 4. The summed E-state index contributed by atoms with van der Waals surface area (Å²) in [6.45, 7) is 2.07. The first-order valence-corrected chi connectivity index (χ1v) is 15.2. The molecule has 1 fully saturated rings. The monoisotopic (exact) mass is 612 g/mol. The Kier molecular flexibility index (Phi) is 9.88. The van der Waals surface area contributed by atoms with Crippen molar-refractivity contribution < 1.29 is 26.7 Å². The fourth-order valence-corrected chi connectivity index (χ4v) is 6.01. The molecule has 1 nitrogen and oxygen atoms in total. The Bertz CT molecular complexity index is 1540. The molecule has 7 heteroatoms. The SMILES string of the molecule is CCCCCc1ccc(C(F)(F)OC2CCC(c3ccc(-c4ccc(-c5ccc(Cl)cc5)c(F)c4)c(F)c3)CC2)c(F)c1. The van der Waals surface area contributed by atoms with E-state index in [1.807, 2.05) is 0 Å². The van der Waals surface area contributed by atoms with Gasteiger partial charge in [-0.2, -0.15) is 8.78 Å². The van der Waals surface area contributed by atoms with Gasteiger partial charge in [-0.1, -0.05) is 73.8 Å². The van der Waals surface area contributed by atoms with Crippen LogP contribution in [-0.4, -0.2) is 6.10 Å². The normalized spacial score (nSPS) is 17.3. The molecule has 0 saturated heterocycles. The molecule has 0 aliphatic heterocycles. The number of rotatable bonds is 10. The van der Waals surface area contributed by atoms with Gasteiger partial charge in [0.2, 0.25) is 0 Å². The molecule has 43 heavy (non-hydrogen) atoms. The van der Waals surface area contributed by atoms with Crippen molar-refractivity contribution in [3.8, 4) is 22.3 Å². The zero-order valence-electron chi connectivity index (χ0n) is 24.0. The highest BCUT2D eigenvalue weighted by molar-refractivity contribution is 6.30. The summed E-state index contributed by atoms with van der Waals surface area (Å²) < 4.78 is 79.8. The van der Waals surface area contributed by atoms with Crippen molar-refractivity contribution in [3.05, 3.63) is 118 Å². The van der Waals surface area contributed by atoms with Gasteiger partial charge in [0.05, 0.1) is 11.7 Å². The molecule has 0 atom stereocenters. The molecule has 0 N–H and O–H groups in total. The maximum absolute atomic E-state index is 15.2. The van der Waals surface area contributed by atoms with E-state index in [-0.39, 0.29) is 11.5 Å². The maximum atomic E-state index is 15.2. The van der Waals surface area contributed by atoms with Crippen LogP contribution in [0, 0.1) is 17.5 Å². The summed E-state index contributed by atoms with van der Waals surface area (Å²) in [5.41, 5.74) is 2.47. The van der Waals surface area contributed by atoms with E-state index in [2.05, 4.69) is 6.92 Å². The highest BCUT2D eigenvalue weighted by atomic mass is 35.5. The third-order valence-corrected chi connectivity index (χ3v) is 8.56.